The molecule has 2 N–H and O–H groups in total. The molecule has 1 aliphatic heterocycles. The molecule has 7 heteroatoms. The van der Waals surface area contributed by atoms with Crippen LogP contribution in [0.5, 0.6) is 0 Å². The predicted octanol–water partition coefficient (Wildman–Crippen LogP) is 3.97. The van der Waals surface area contributed by atoms with Crippen molar-refractivity contribution >= 4 is 29.1 Å². The number of nitrogens with one attached hydrogen (secondary N) is 2. The number of rotatable bonds is 4. The summed E-state index contributed by atoms with van der Waals surface area (Å²) in [5.41, 5.74) is 3.00. The van der Waals surface area contributed by atoms with Crippen molar-refractivity contribution in [3.63, 3.8) is 0 Å². The van der Waals surface area contributed by atoms with Gasteiger partial charge in [0.25, 0.3) is 5.91 Å². The molecule has 142 valence electrons. The van der Waals surface area contributed by atoms with Crippen molar-refractivity contribution in [2.75, 3.05) is 11.9 Å². The number of carbonyl (C=O) groups excluding carboxylic acids is 2. The maximum Gasteiger partial charge on any atom is 0.272 e. The quantitative estimate of drug-likeness (QED) is 0.702. The predicted molar refractivity (Wildman–Crippen MR) is 108 cm³/mol. The van der Waals surface area contributed by atoms with Gasteiger partial charge in [0.15, 0.2) is 0 Å². The van der Waals surface area contributed by atoms with Crippen LogP contribution in [-0.4, -0.2) is 39.5 Å². The van der Waals surface area contributed by atoms with Gasteiger partial charge in [-0.2, -0.15) is 5.10 Å². The zero-order chi connectivity index (χ0) is 19.5. The highest BCUT2D eigenvalue weighted by Gasteiger charge is 2.35. The molecule has 1 fully saturated rings. The topological polar surface area (TPSA) is 78.1 Å². The van der Waals surface area contributed by atoms with Crippen LogP contribution in [0.4, 0.5) is 5.69 Å². The highest BCUT2D eigenvalue weighted by molar-refractivity contribution is 6.30. The fourth-order valence-corrected chi connectivity index (χ4v) is 3.67. The van der Waals surface area contributed by atoms with Crippen LogP contribution in [0.1, 0.15) is 23.3 Å². The Bertz CT molecular complexity index is 1000. The molecule has 2 heterocycles. The van der Waals surface area contributed by atoms with E-state index < -0.39 is 6.04 Å². The molecule has 4 rings (SSSR count). The van der Waals surface area contributed by atoms with Crippen molar-refractivity contribution in [1.29, 1.82) is 0 Å². The normalized spacial score (nSPS) is 16.2. The van der Waals surface area contributed by atoms with E-state index in [-0.39, 0.29) is 11.8 Å². The van der Waals surface area contributed by atoms with Crippen molar-refractivity contribution in [3.05, 3.63) is 71.5 Å². The Balaban J connectivity index is 1.50. The molecule has 1 atom stereocenters. The van der Waals surface area contributed by atoms with Crippen molar-refractivity contribution in [1.82, 2.24) is 15.1 Å². The SMILES string of the molecule is O=C(Nc1cccc(-c2cccc(Cl)c2)c1)C1CCCN1C(=O)c1ccn[nH]1. The van der Waals surface area contributed by atoms with Gasteiger partial charge < -0.3 is 10.2 Å². The Kier molecular flexibility index (Phi) is 5.12. The summed E-state index contributed by atoms with van der Waals surface area (Å²) in [6, 6.07) is 16.3. The lowest BCUT2D eigenvalue weighted by Gasteiger charge is -2.23. The monoisotopic (exact) mass is 394 g/mol. The van der Waals surface area contributed by atoms with Gasteiger partial charge in [-0.1, -0.05) is 35.9 Å². The summed E-state index contributed by atoms with van der Waals surface area (Å²) in [6.07, 6.45) is 2.96. The molecule has 0 radical (unpaired) electrons. The van der Waals surface area contributed by atoms with Gasteiger partial charge in [0, 0.05) is 23.5 Å². The van der Waals surface area contributed by atoms with Crippen LogP contribution in [0.25, 0.3) is 11.1 Å². The number of hydrogen-bond donors (Lipinski definition) is 2. The lowest BCUT2D eigenvalue weighted by Crippen LogP contribution is -2.43. The van der Waals surface area contributed by atoms with Crippen molar-refractivity contribution < 1.29 is 9.59 Å². The number of aromatic nitrogens is 2. The van der Waals surface area contributed by atoms with E-state index in [9.17, 15) is 9.59 Å². The van der Waals surface area contributed by atoms with Gasteiger partial charge in [-0.05, 0) is 54.3 Å². The molecule has 0 bridgehead atoms. The van der Waals surface area contributed by atoms with Crippen LogP contribution in [0.2, 0.25) is 5.02 Å². The van der Waals surface area contributed by atoms with E-state index in [0.717, 1.165) is 17.5 Å². The molecular formula is C21H19ClN4O2. The van der Waals surface area contributed by atoms with E-state index in [2.05, 4.69) is 15.5 Å². The first-order valence-electron chi connectivity index (χ1n) is 9.09. The number of benzene rings is 2. The molecule has 1 unspecified atom stereocenters. The average molecular weight is 395 g/mol. The number of hydrogen-bond acceptors (Lipinski definition) is 3. The molecule has 0 spiro atoms. The van der Waals surface area contributed by atoms with Crippen molar-refractivity contribution in [2.24, 2.45) is 0 Å². The van der Waals surface area contributed by atoms with Crippen LogP contribution in [0, 0.1) is 0 Å². The summed E-state index contributed by atoms with van der Waals surface area (Å²) < 4.78 is 0. The van der Waals surface area contributed by atoms with E-state index in [1.54, 1.807) is 11.0 Å². The Hall–Kier alpha value is -3.12. The molecule has 1 saturated heterocycles. The maximum absolute atomic E-state index is 12.8. The van der Waals surface area contributed by atoms with E-state index >= 15 is 0 Å². The molecule has 28 heavy (non-hydrogen) atoms. The van der Waals surface area contributed by atoms with Crippen LogP contribution < -0.4 is 5.32 Å². The minimum Gasteiger partial charge on any atom is -0.325 e. The Morgan fingerprint density at radius 3 is 2.64 bits per heavy atom. The van der Waals surface area contributed by atoms with Gasteiger partial charge in [-0.25, -0.2) is 0 Å². The van der Waals surface area contributed by atoms with Crippen LogP contribution in [0.3, 0.4) is 0 Å². The zero-order valence-corrected chi connectivity index (χ0v) is 15.8. The molecule has 6 nitrogen and oxygen atoms in total. The van der Waals surface area contributed by atoms with E-state index in [0.29, 0.717) is 29.4 Å². The molecule has 0 saturated carbocycles. The molecular weight excluding hydrogens is 376 g/mol. The fourth-order valence-electron chi connectivity index (χ4n) is 3.48. The number of carbonyl (C=O) groups is 2. The molecule has 2 amide bonds. The summed E-state index contributed by atoms with van der Waals surface area (Å²) in [6.45, 7) is 0.554. The highest BCUT2D eigenvalue weighted by Crippen LogP contribution is 2.26. The number of amides is 2. The Morgan fingerprint density at radius 1 is 1.11 bits per heavy atom. The maximum atomic E-state index is 12.8. The standard InChI is InChI=1S/C21H19ClN4O2/c22-16-6-1-4-14(12-16)15-5-2-7-17(13-15)24-20(27)19-8-3-11-26(19)21(28)18-9-10-23-25-18/h1-2,4-7,9-10,12-13,19H,3,8,11H2,(H,23,25)(H,24,27). The highest BCUT2D eigenvalue weighted by atomic mass is 35.5. The third kappa shape index (κ3) is 3.77. The average Bonchev–Trinajstić information content (AvgIpc) is 3.40. The van der Waals surface area contributed by atoms with Gasteiger partial charge in [-0.15, -0.1) is 0 Å². The van der Waals surface area contributed by atoms with E-state index in [1.165, 1.54) is 6.20 Å². The van der Waals surface area contributed by atoms with E-state index in [1.807, 2.05) is 48.5 Å². The van der Waals surface area contributed by atoms with Crippen LogP contribution in [-0.2, 0) is 4.79 Å². The molecule has 1 aromatic heterocycles. The number of H-pyrrole nitrogens is 1. The Labute approximate surface area is 167 Å². The van der Waals surface area contributed by atoms with E-state index in [4.69, 9.17) is 11.6 Å². The molecule has 1 aliphatic rings. The van der Waals surface area contributed by atoms with Gasteiger partial charge in [0.1, 0.15) is 11.7 Å². The van der Waals surface area contributed by atoms with Gasteiger partial charge in [0.2, 0.25) is 5.91 Å². The van der Waals surface area contributed by atoms with Crippen molar-refractivity contribution in [2.45, 2.75) is 18.9 Å². The summed E-state index contributed by atoms with van der Waals surface area (Å²) in [4.78, 5) is 27.1. The molecule has 2 aromatic carbocycles. The second-order valence-corrected chi connectivity index (χ2v) is 7.14. The first-order valence-corrected chi connectivity index (χ1v) is 9.47. The second-order valence-electron chi connectivity index (χ2n) is 6.71. The number of likely N-dealkylation sites (tertiary alicyclic amines) is 1. The molecule has 0 aliphatic carbocycles. The Morgan fingerprint density at radius 2 is 1.89 bits per heavy atom. The number of halogens is 1. The smallest absolute Gasteiger partial charge is 0.272 e. The first kappa shape index (κ1) is 18.3. The lowest BCUT2D eigenvalue weighted by molar-refractivity contribution is -0.119. The number of anilines is 1. The lowest BCUT2D eigenvalue weighted by atomic mass is 10.1. The molecule has 3 aromatic rings. The number of nitrogens with zero attached hydrogens (tertiary/aromatic N) is 2. The first-order chi connectivity index (χ1) is 13.6. The fraction of sp³-hybridized carbons (Fsp3) is 0.190. The third-order valence-corrected chi connectivity index (χ3v) is 5.07. The van der Waals surface area contributed by atoms with Crippen LogP contribution in [0.15, 0.2) is 60.8 Å². The zero-order valence-electron chi connectivity index (χ0n) is 15.1. The summed E-state index contributed by atoms with van der Waals surface area (Å²) in [5, 5.41) is 10.1. The van der Waals surface area contributed by atoms with Gasteiger partial charge in [-0.3, -0.25) is 14.7 Å². The minimum absolute atomic E-state index is 0.186. The third-order valence-electron chi connectivity index (χ3n) is 4.84. The summed E-state index contributed by atoms with van der Waals surface area (Å²) in [5.74, 6) is -0.392. The summed E-state index contributed by atoms with van der Waals surface area (Å²) in [7, 11) is 0. The van der Waals surface area contributed by atoms with Gasteiger partial charge in [0.05, 0.1) is 0 Å². The number of aromatic amines is 1. The largest absolute Gasteiger partial charge is 0.325 e. The second kappa shape index (κ2) is 7.86. The minimum atomic E-state index is -0.495. The van der Waals surface area contributed by atoms with Crippen molar-refractivity contribution in [3.8, 4) is 11.1 Å². The van der Waals surface area contributed by atoms with Crippen LogP contribution >= 0.6 is 11.6 Å². The van der Waals surface area contributed by atoms with Gasteiger partial charge >= 0.3 is 0 Å². The summed E-state index contributed by atoms with van der Waals surface area (Å²) >= 11 is 6.08.